The van der Waals surface area contributed by atoms with E-state index >= 15 is 0 Å². The second-order valence-electron chi connectivity index (χ2n) is 7.49. The summed E-state index contributed by atoms with van der Waals surface area (Å²) in [7, 11) is 1.84. The summed E-state index contributed by atoms with van der Waals surface area (Å²) in [6.07, 6.45) is 3.07. The van der Waals surface area contributed by atoms with Gasteiger partial charge < -0.3 is 25.0 Å². The molecule has 0 aliphatic carbocycles. The predicted octanol–water partition coefficient (Wildman–Crippen LogP) is 3.13. The fourth-order valence-corrected chi connectivity index (χ4v) is 3.69. The quantitative estimate of drug-likeness (QED) is 0.378. The number of aliphatic imine (C=N–C) groups is 1. The number of nitrogens with one attached hydrogen (secondary N) is 1. The lowest BCUT2D eigenvalue weighted by Crippen LogP contribution is -2.52. The van der Waals surface area contributed by atoms with Crippen LogP contribution in [-0.2, 0) is 11.2 Å². The number of nitrogens with zero attached hydrogens (tertiary/aromatic N) is 3. The Kier molecular flexibility index (Phi) is 8.84. The maximum absolute atomic E-state index is 10.1. The van der Waals surface area contributed by atoms with Crippen LogP contribution in [0, 0.1) is 0 Å². The average molecular weight is 411 g/mol. The second kappa shape index (κ2) is 12.1. The van der Waals surface area contributed by atoms with Gasteiger partial charge in [0.2, 0.25) is 0 Å². The number of hydrogen-bond donors (Lipinski definition) is 2. The number of unbranched alkanes of at least 4 members (excludes halogenated alkanes) is 1. The van der Waals surface area contributed by atoms with E-state index in [1.165, 1.54) is 5.56 Å². The molecule has 1 aliphatic heterocycles. The molecule has 1 aliphatic rings. The maximum atomic E-state index is 10.1. The number of hydrogen-bond acceptors (Lipinski definition) is 4. The third kappa shape index (κ3) is 6.66. The first-order valence-corrected chi connectivity index (χ1v) is 10.9. The molecule has 0 radical (unpaired) electrons. The van der Waals surface area contributed by atoms with E-state index in [1.807, 2.05) is 31.3 Å². The Morgan fingerprint density at radius 1 is 0.967 bits per heavy atom. The van der Waals surface area contributed by atoms with Crippen molar-refractivity contribution in [3.05, 3.63) is 60.2 Å². The number of anilines is 1. The van der Waals surface area contributed by atoms with Crippen molar-refractivity contribution in [1.82, 2.24) is 10.2 Å². The van der Waals surface area contributed by atoms with Crippen molar-refractivity contribution in [1.29, 1.82) is 0 Å². The van der Waals surface area contributed by atoms with Gasteiger partial charge in [-0.3, -0.25) is 4.99 Å². The number of para-hydroxylation sites is 2. The summed E-state index contributed by atoms with van der Waals surface area (Å²) in [5.41, 5.74) is 2.23. The number of phenols is 1. The highest BCUT2D eigenvalue weighted by atomic mass is 16.5. The molecule has 1 fully saturated rings. The Bertz CT molecular complexity index is 774. The predicted molar refractivity (Wildman–Crippen MR) is 123 cm³/mol. The Morgan fingerprint density at radius 3 is 2.43 bits per heavy atom. The van der Waals surface area contributed by atoms with E-state index in [1.54, 1.807) is 6.07 Å². The average Bonchev–Trinajstić information content (AvgIpc) is 2.79. The van der Waals surface area contributed by atoms with Crippen molar-refractivity contribution >= 4 is 11.6 Å². The van der Waals surface area contributed by atoms with Crippen molar-refractivity contribution in [2.45, 2.75) is 19.3 Å². The van der Waals surface area contributed by atoms with Gasteiger partial charge in [-0.25, -0.2) is 0 Å². The Balaban J connectivity index is 1.27. The molecule has 6 heteroatoms. The zero-order chi connectivity index (χ0) is 21.0. The zero-order valence-corrected chi connectivity index (χ0v) is 18.0. The molecule has 2 aromatic rings. The third-order valence-electron chi connectivity index (χ3n) is 5.39. The molecule has 2 N–H and O–H groups in total. The van der Waals surface area contributed by atoms with Crippen LogP contribution in [0.25, 0.3) is 0 Å². The van der Waals surface area contributed by atoms with Crippen LogP contribution in [0.15, 0.2) is 59.6 Å². The molecule has 6 nitrogen and oxygen atoms in total. The van der Waals surface area contributed by atoms with Crippen LogP contribution in [-0.4, -0.2) is 69.0 Å². The largest absolute Gasteiger partial charge is 0.506 e. The molecule has 3 rings (SSSR count). The van der Waals surface area contributed by atoms with E-state index < -0.39 is 0 Å². The van der Waals surface area contributed by atoms with E-state index in [9.17, 15) is 5.11 Å². The molecule has 0 spiro atoms. The Hall–Kier alpha value is -2.73. The van der Waals surface area contributed by atoms with E-state index in [0.29, 0.717) is 5.75 Å². The van der Waals surface area contributed by atoms with E-state index in [0.717, 1.165) is 76.8 Å². The smallest absolute Gasteiger partial charge is 0.193 e. The minimum absolute atomic E-state index is 0.347. The third-order valence-corrected chi connectivity index (χ3v) is 5.39. The number of rotatable bonds is 9. The van der Waals surface area contributed by atoms with Gasteiger partial charge in [-0.2, -0.15) is 0 Å². The molecule has 30 heavy (non-hydrogen) atoms. The standard InChI is InChI=1S/C24H34N4O2/c1-25-24(26-14-7-8-19-30-20-13-21-9-3-2-4-10-21)28-17-15-27(16-18-28)22-11-5-6-12-23(22)29/h2-6,9-12,29H,7-8,13-20H2,1H3,(H,25,26). The van der Waals surface area contributed by atoms with Crippen LogP contribution in [0.3, 0.4) is 0 Å². The summed E-state index contributed by atoms with van der Waals surface area (Å²) in [5.74, 6) is 1.30. The van der Waals surface area contributed by atoms with Gasteiger partial charge in [-0.05, 0) is 37.0 Å². The molecule has 162 valence electrons. The van der Waals surface area contributed by atoms with Gasteiger partial charge in [-0.15, -0.1) is 0 Å². The molecule has 0 atom stereocenters. The summed E-state index contributed by atoms with van der Waals surface area (Å²) >= 11 is 0. The lowest BCUT2D eigenvalue weighted by atomic mass is 10.2. The molecule has 2 aromatic carbocycles. The lowest BCUT2D eigenvalue weighted by molar-refractivity contribution is 0.133. The van der Waals surface area contributed by atoms with Crippen molar-refractivity contribution in [3.63, 3.8) is 0 Å². The maximum Gasteiger partial charge on any atom is 0.193 e. The topological polar surface area (TPSA) is 60.3 Å². The van der Waals surface area contributed by atoms with Gasteiger partial charge in [-0.1, -0.05) is 42.5 Å². The summed E-state index contributed by atoms with van der Waals surface area (Å²) in [4.78, 5) is 8.95. The first kappa shape index (κ1) is 22.0. The highest BCUT2D eigenvalue weighted by molar-refractivity contribution is 5.80. The van der Waals surface area contributed by atoms with Crippen molar-refractivity contribution in [2.24, 2.45) is 4.99 Å². The van der Waals surface area contributed by atoms with Gasteiger partial charge >= 0.3 is 0 Å². The Labute approximate surface area is 180 Å². The fraction of sp³-hybridized carbons (Fsp3) is 0.458. The summed E-state index contributed by atoms with van der Waals surface area (Å²) in [5, 5.41) is 13.5. The minimum Gasteiger partial charge on any atom is -0.506 e. The van der Waals surface area contributed by atoms with Crippen LogP contribution < -0.4 is 10.2 Å². The molecule has 1 heterocycles. The van der Waals surface area contributed by atoms with Crippen LogP contribution in [0.1, 0.15) is 18.4 Å². The molecular formula is C24H34N4O2. The summed E-state index contributed by atoms with van der Waals surface area (Å²) < 4.78 is 5.76. The number of ether oxygens (including phenoxy) is 1. The van der Waals surface area contributed by atoms with Gasteiger partial charge in [0.1, 0.15) is 5.75 Å². The highest BCUT2D eigenvalue weighted by Gasteiger charge is 2.21. The monoisotopic (exact) mass is 410 g/mol. The van der Waals surface area contributed by atoms with Crippen LogP contribution in [0.5, 0.6) is 5.75 Å². The van der Waals surface area contributed by atoms with Gasteiger partial charge in [0, 0.05) is 46.4 Å². The SMILES string of the molecule is CN=C(NCCCCOCCc1ccccc1)N1CCN(c2ccccc2O)CC1. The molecule has 0 saturated carbocycles. The van der Waals surface area contributed by atoms with Crippen molar-refractivity contribution in [2.75, 3.05) is 57.9 Å². The fourth-order valence-electron chi connectivity index (χ4n) is 3.69. The van der Waals surface area contributed by atoms with Gasteiger partial charge in [0.25, 0.3) is 0 Å². The lowest BCUT2D eigenvalue weighted by Gasteiger charge is -2.37. The van der Waals surface area contributed by atoms with E-state index in [4.69, 9.17) is 4.74 Å². The number of piperazine rings is 1. The van der Waals surface area contributed by atoms with Crippen LogP contribution in [0.4, 0.5) is 5.69 Å². The Morgan fingerprint density at radius 2 is 1.70 bits per heavy atom. The molecule has 0 aromatic heterocycles. The number of aromatic hydroxyl groups is 1. The van der Waals surface area contributed by atoms with Crippen molar-refractivity contribution in [3.8, 4) is 5.75 Å². The molecular weight excluding hydrogens is 376 g/mol. The van der Waals surface area contributed by atoms with Gasteiger partial charge in [0.05, 0.1) is 12.3 Å². The van der Waals surface area contributed by atoms with E-state index in [-0.39, 0.29) is 0 Å². The molecule has 0 unspecified atom stereocenters. The van der Waals surface area contributed by atoms with E-state index in [2.05, 4.69) is 44.4 Å². The first-order valence-electron chi connectivity index (χ1n) is 10.9. The number of guanidine groups is 1. The summed E-state index contributed by atoms with van der Waals surface area (Å²) in [6.45, 7) is 5.98. The second-order valence-corrected chi connectivity index (χ2v) is 7.49. The minimum atomic E-state index is 0.347. The van der Waals surface area contributed by atoms with Crippen LogP contribution >= 0.6 is 0 Å². The zero-order valence-electron chi connectivity index (χ0n) is 18.0. The summed E-state index contributed by atoms with van der Waals surface area (Å²) in [6, 6.07) is 18.0. The normalized spacial score (nSPS) is 14.8. The van der Waals surface area contributed by atoms with Crippen molar-refractivity contribution < 1.29 is 9.84 Å². The molecule has 0 amide bonds. The molecule has 0 bridgehead atoms. The highest BCUT2D eigenvalue weighted by Crippen LogP contribution is 2.27. The molecule has 1 saturated heterocycles. The first-order chi connectivity index (χ1) is 14.8. The number of benzene rings is 2. The van der Waals surface area contributed by atoms with Gasteiger partial charge in [0.15, 0.2) is 5.96 Å². The van der Waals surface area contributed by atoms with Crippen LogP contribution in [0.2, 0.25) is 0 Å². The number of phenolic OH excluding ortho intramolecular Hbond substituents is 1.